The predicted molar refractivity (Wildman–Crippen MR) is 129 cm³/mol. The van der Waals surface area contributed by atoms with E-state index in [1.54, 1.807) is 6.07 Å². The van der Waals surface area contributed by atoms with Gasteiger partial charge in [-0.25, -0.2) is 0 Å². The molecule has 0 N–H and O–H groups in total. The van der Waals surface area contributed by atoms with E-state index in [0.29, 0.717) is 16.5 Å². The SMILES string of the molecule is FC(F)(F)C1CC=C(CCN2CCC3(CC2)OC(c2cc(Cl)cc(Cl)c2)c2ccccc23)CC1. The van der Waals surface area contributed by atoms with Crippen molar-refractivity contribution in [3.05, 3.63) is 80.8 Å². The van der Waals surface area contributed by atoms with E-state index in [9.17, 15) is 13.2 Å². The maximum Gasteiger partial charge on any atom is 0.392 e. The summed E-state index contributed by atoms with van der Waals surface area (Å²) in [6.45, 7) is 2.68. The van der Waals surface area contributed by atoms with Crippen molar-refractivity contribution in [2.24, 2.45) is 5.92 Å². The highest BCUT2D eigenvalue weighted by Gasteiger charge is 2.47. The number of alkyl halides is 3. The van der Waals surface area contributed by atoms with Gasteiger partial charge in [-0.15, -0.1) is 0 Å². The third-order valence-electron chi connectivity index (χ3n) is 7.65. The summed E-state index contributed by atoms with van der Waals surface area (Å²) in [7, 11) is 0. The molecule has 2 nitrogen and oxygen atoms in total. The Morgan fingerprint density at radius 2 is 1.74 bits per heavy atom. The molecule has 2 aromatic rings. The minimum absolute atomic E-state index is 0.126. The molecule has 0 saturated carbocycles. The van der Waals surface area contributed by atoms with Gasteiger partial charge in [-0.3, -0.25) is 0 Å². The van der Waals surface area contributed by atoms with Gasteiger partial charge in [0.1, 0.15) is 6.10 Å². The standard InChI is InChI=1S/C27H28Cl2F3NO/c28-21-15-19(16-22(29)17-21)25-23-3-1-2-4-24(23)26(34-25)10-13-33(14-11-26)12-9-18-5-7-20(8-6-18)27(30,31)32/h1-5,15-17,20,25H,6-14H2. The van der Waals surface area contributed by atoms with Crippen molar-refractivity contribution in [3.8, 4) is 0 Å². The Balaban J connectivity index is 1.23. The largest absolute Gasteiger partial charge is 0.392 e. The molecular weight excluding hydrogens is 482 g/mol. The lowest BCUT2D eigenvalue weighted by atomic mass is 9.83. The molecule has 1 saturated heterocycles. The summed E-state index contributed by atoms with van der Waals surface area (Å²) < 4.78 is 45.5. The van der Waals surface area contributed by atoms with E-state index in [2.05, 4.69) is 23.1 Å². The average Bonchev–Trinajstić information content (AvgIpc) is 3.12. The van der Waals surface area contributed by atoms with Gasteiger partial charge in [0.05, 0.1) is 11.5 Å². The van der Waals surface area contributed by atoms with E-state index in [-0.39, 0.29) is 24.5 Å². The second-order valence-electron chi connectivity index (χ2n) is 9.75. The lowest BCUT2D eigenvalue weighted by Gasteiger charge is -2.40. The number of ether oxygens (including phenoxy) is 1. The van der Waals surface area contributed by atoms with Crippen LogP contribution >= 0.6 is 23.2 Å². The second-order valence-corrected chi connectivity index (χ2v) is 10.6. The molecule has 0 amide bonds. The van der Waals surface area contributed by atoms with Crippen molar-refractivity contribution < 1.29 is 17.9 Å². The van der Waals surface area contributed by atoms with Gasteiger partial charge in [0.15, 0.2) is 0 Å². The van der Waals surface area contributed by atoms with Crippen LogP contribution in [0.4, 0.5) is 13.2 Å². The number of fused-ring (bicyclic) bond motifs is 2. The molecular formula is C27H28Cl2F3NO. The van der Waals surface area contributed by atoms with Crippen LogP contribution in [0.1, 0.15) is 61.3 Å². The first-order valence-corrected chi connectivity index (χ1v) is 12.7. The van der Waals surface area contributed by atoms with Crippen LogP contribution in [0.15, 0.2) is 54.1 Å². The van der Waals surface area contributed by atoms with Gasteiger partial charge in [0.25, 0.3) is 0 Å². The van der Waals surface area contributed by atoms with E-state index in [4.69, 9.17) is 27.9 Å². The lowest BCUT2D eigenvalue weighted by Crippen LogP contribution is -2.43. The Bertz CT molecular complexity index is 1060. The number of benzene rings is 2. The number of rotatable bonds is 4. The molecule has 1 spiro atoms. The lowest BCUT2D eigenvalue weighted by molar-refractivity contribution is -0.176. The number of hydrogen-bond acceptors (Lipinski definition) is 2. The van der Waals surface area contributed by atoms with Crippen LogP contribution in [0.2, 0.25) is 10.0 Å². The van der Waals surface area contributed by atoms with Crippen LogP contribution in [0.3, 0.4) is 0 Å². The van der Waals surface area contributed by atoms with E-state index in [1.807, 2.05) is 24.3 Å². The molecule has 7 heteroatoms. The van der Waals surface area contributed by atoms with Crippen LogP contribution in [-0.4, -0.2) is 30.7 Å². The number of halogens is 5. The molecule has 34 heavy (non-hydrogen) atoms. The smallest absolute Gasteiger partial charge is 0.358 e. The molecule has 1 aliphatic carbocycles. The summed E-state index contributed by atoms with van der Waals surface area (Å²) in [6.07, 6.45) is 1.06. The first kappa shape index (κ1) is 24.2. The van der Waals surface area contributed by atoms with Gasteiger partial charge in [0, 0.05) is 29.7 Å². The average molecular weight is 510 g/mol. The molecule has 1 fully saturated rings. The van der Waals surface area contributed by atoms with Crippen LogP contribution in [0.25, 0.3) is 0 Å². The molecule has 2 unspecified atom stereocenters. The Morgan fingerprint density at radius 1 is 1.03 bits per heavy atom. The molecule has 0 radical (unpaired) electrons. The molecule has 2 atom stereocenters. The van der Waals surface area contributed by atoms with Crippen molar-refractivity contribution in [2.45, 2.75) is 56.4 Å². The van der Waals surface area contributed by atoms with Gasteiger partial charge in [-0.2, -0.15) is 13.2 Å². The predicted octanol–water partition coefficient (Wildman–Crippen LogP) is 8.08. The number of allylic oxidation sites excluding steroid dienone is 1. The quantitative estimate of drug-likeness (QED) is 0.386. The minimum atomic E-state index is -4.07. The Hall–Kier alpha value is -1.53. The fourth-order valence-corrected chi connectivity index (χ4v) is 6.25. The summed E-state index contributed by atoms with van der Waals surface area (Å²) in [4.78, 5) is 2.41. The van der Waals surface area contributed by atoms with Gasteiger partial charge in [0.2, 0.25) is 0 Å². The van der Waals surface area contributed by atoms with Crippen molar-refractivity contribution in [1.82, 2.24) is 4.90 Å². The van der Waals surface area contributed by atoms with Crippen LogP contribution < -0.4 is 0 Å². The summed E-state index contributed by atoms with van der Waals surface area (Å²) in [5.74, 6) is -1.17. The summed E-state index contributed by atoms with van der Waals surface area (Å²) in [6, 6.07) is 14.0. The number of nitrogens with zero attached hydrogens (tertiary/aromatic N) is 1. The minimum Gasteiger partial charge on any atom is -0.358 e. The van der Waals surface area contributed by atoms with Gasteiger partial charge >= 0.3 is 6.18 Å². The third kappa shape index (κ3) is 4.90. The number of hydrogen-bond donors (Lipinski definition) is 0. The Morgan fingerprint density at radius 3 is 2.38 bits per heavy atom. The number of piperidine rings is 1. The van der Waals surface area contributed by atoms with E-state index >= 15 is 0 Å². The molecule has 0 bridgehead atoms. The summed E-state index contributed by atoms with van der Waals surface area (Å²) in [5.41, 5.74) is 4.20. The first-order chi connectivity index (χ1) is 16.2. The highest BCUT2D eigenvalue weighted by molar-refractivity contribution is 6.34. The molecule has 2 aromatic carbocycles. The zero-order chi connectivity index (χ0) is 23.9. The monoisotopic (exact) mass is 509 g/mol. The molecule has 2 aliphatic heterocycles. The Kier molecular flexibility index (Phi) is 6.75. The van der Waals surface area contributed by atoms with Crippen molar-refractivity contribution in [1.29, 1.82) is 0 Å². The summed E-state index contributed by atoms with van der Waals surface area (Å²) >= 11 is 12.5. The topological polar surface area (TPSA) is 12.5 Å². The summed E-state index contributed by atoms with van der Waals surface area (Å²) in [5, 5.41) is 1.19. The zero-order valence-corrected chi connectivity index (χ0v) is 20.4. The van der Waals surface area contributed by atoms with Crippen LogP contribution in [0, 0.1) is 5.92 Å². The number of likely N-dealkylation sites (tertiary alicyclic amines) is 1. The maximum atomic E-state index is 12.9. The molecule has 3 aliphatic rings. The van der Waals surface area contributed by atoms with Crippen molar-refractivity contribution >= 4 is 23.2 Å². The molecule has 0 aromatic heterocycles. The van der Waals surface area contributed by atoms with E-state index < -0.39 is 12.1 Å². The molecule has 182 valence electrons. The second kappa shape index (κ2) is 9.50. The van der Waals surface area contributed by atoms with Crippen molar-refractivity contribution in [3.63, 3.8) is 0 Å². The first-order valence-electron chi connectivity index (χ1n) is 11.9. The zero-order valence-electron chi connectivity index (χ0n) is 18.9. The van der Waals surface area contributed by atoms with Gasteiger partial charge < -0.3 is 9.64 Å². The van der Waals surface area contributed by atoms with Gasteiger partial charge in [-0.1, -0.05) is 59.1 Å². The molecule has 5 rings (SSSR count). The highest BCUT2D eigenvalue weighted by Crippen LogP contribution is 2.51. The van der Waals surface area contributed by atoms with E-state index in [0.717, 1.165) is 44.5 Å². The highest BCUT2D eigenvalue weighted by atomic mass is 35.5. The van der Waals surface area contributed by atoms with Crippen molar-refractivity contribution in [2.75, 3.05) is 19.6 Å². The normalized spacial score (nSPS) is 24.8. The van der Waals surface area contributed by atoms with Crippen LogP contribution in [-0.2, 0) is 10.3 Å². The Labute approximate surface area is 208 Å². The maximum absolute atomic E-state index is 12.9. The molecule has 2 heterocycles. The van der Waals surface area contributed by atoms with Crippen LogP contribution in [0.5, 0.6) is 0 Å². The fourth-order valence-electron chi connectivity index (χ4n) is 5.71. The fraction of sp³-hybridized carbons (Fsp3) is 0.481. The third-order valence-corrected chi connectivity index (χ3v) is 8.08. The van der Waals surface area contributed by atoms with Gasteiger partial charge in [-0.05, 0) is 73.4 Å². The van der Waals surface area contributed by atoms with E-state index in [1.165, 1.54) is 16.7 Å².